The van der Waals surface area contributed by atoms with E-state index in [4.69, 9.17) is 5.73 Å². The van der Waals surface area contributed by atoms with Gasteiger partial charge in [0.1, 0.15) is 0 Å². The summed E-state index contributed by atoms with van der Waals surface area (Å²) >= 11 is 0. The molecule has 0 unspecified atom stereocenters. The predicted octanol–water partition coefficient (Wildman–Crippen LogP) is 1.28. The van der Waals surface area contributed by atoms with Gasteiger partial charge in [0.15, 0.2) is 5.65 Å². The molecule has 1 aromatic carbocycles. The molecule has 0 radical (unpaired) electrons. The summed E-state index contributed by atoms with van der Waals surface area (Å²) in [5.74, 6) is 0.135. The van der Waals surface area contributed by atoms with Crippen LogP contribution in [0.5, 0.6) is 0 Å². The second kappa shape index (κ2) is 4.02. The Morgan fingerprint density at radius 1 is 1.16 bits per heavy atom. The van der Waals surface area contributed by atoms with Crippen LogP contribution in [-0.2, 0) is 0 Å². The fraction of sp³-hybridized carbons (Fsp3) is 0. The molecule has 2 heterocycles. The van der Waals surface area contributed by atoms with Gasteiger partial charge in [-0.2, -0.15) is 9.61 Å². The number of hydrogen-bond donors (Lipinski definition) is 1. The lowest BCUT2D eigenvalue weighted by Gasteiger charge is -2.02. The normalized spacial score (nSPS) is 10.7. The van der Waals surface area contributed by atoms with E-state index in [2.05, 4.69) is 15.3 Å². The highest BCUT2D eigenvalue weighted by Crippen LogP contribution is 2.27. The summed E-state index contributed by atoms with van der Waals surface area (Å²) in [5, 5.41) is 22.7. The van der Waals surface area contributed by atoms with E-state index < -0.39 is 4.92 Å². The minimum absolute atomic E-state index is 0.0130. The van der Waals surface area contributed by atoms with Gasteiger partial charge in [0.2, 0.25) is 5.95 Å². The van der Waals surface area contributed by atoms with Gasteiger partial charge in [-0.1, -0.05) is 12.1 Å². The molecule has 0 spiro atoms. The van der Waals surface area contributed by atoms with Crippen molar-refractivity contribution < 1.29 is 4.92 Å². The summed E-state index contributed by atoms with van der Waals surface area (Å²) in [6.07, 6.45) is 0. The van der Waals surface area contributed by atoms with Crippen molar-refractivity contribution in [2.75, 3.05) is 5.73 Å². The predicted molar refractivity (Wildman–Crippen MR) is 67.3 cm³/mol. The van der Waals surface area contributed by atoms with Gasteiger partial charge in [-0.15, -0.1) is 10.2 Å². The van der Waals surface area contributed by atoms with Gasteiger partial charge in [0.25, 0.3) is 5.69 Å². The minimum Gasteiger partial charge on any atom is -0.366 e. The van der Waals surface area contributed by atoms with Crippen molar-refractivity contribution in [2.24, 2.45) is 0 Å². The number of benzene rings is 1. The molecular formula is C11H8N6O2. The summed E-state index contributed by atoms with van der Waals surface area (Å²) < 4.78 is 1.34. The first-order valence-corrected chi connectivity index (χ1v) is 5.38. The summed E-state index contributed by atoms with van der Waals surface area (Å²) in [6, 6.07) is 9.68. The molecule has 2 N–H and O–H groups in total. The van der Waals surface area contributed by atoms with E-state index in [-0.39, 0.29) is 11.6 Å². The third-order valence-electron chi connectivity index (χ3n) is 2.66. The highest BCUT2D eigenvalue weighted by molar-refractivity contribution is 5.70. The maximum Gasteiger partial charge on any atom is 0.278 e. The molecule has 0 bridgehead atoms. The Bertz CT molecular complexity index is 782. The van der Waals surface area contributed by atoms with Crippen LogP contribution < -0.4 is 5.73 Å². The molecule has 3 aromatic rings. The first kappa shape index (κ1) is 11.1. The number of nitrogens with zero attached hydrogens (tertiary/aromatic N) is 5. The molecule has 0 aliphatic rings. The molecule has 19 heavy (non-hydrogen) atoms. The molecule has 94 valence electrons. The van der Waals surface area contributed by atoms with Crippen molar-refractivity contribution in [3.8, 4) is 11.3 Å². The molecule has 0 fully saturated rings. The average Bonchev–Trinajstić information content (AvgIpc) is 2.80. The number of rotatable bonds is 2. The zero-order valence-electron chi connectivity index (χ0n) is 9.59. The number of anilines is 1. The molecular weight excluding hydrogens is 248 g/mol. The van der Waals surface area contributed by atoms with Crippen molar-refractivity contribution in [3.05, 3.63) is 46.5 Å². The second-order valence-corrected chi connectivity index (χ2v) is 3.82. The molecule has 0 aliphatic carbocycles. The number of hydrogen-bond acceptors (Lipinski definition) is 6. The largest absolute Gasteiger partial charge is 0.366 e. The smallest absolute Gasteiger partial charge is 0.278 e. The van der Waals surface area contributed by atoms with Gasteiger partial charge >= 0.3 is 0 Å². The third kappa shape index (κ3) is 1.75. The van der Waals surface area contributed by atoms with E-state index in [1.165, 1.54) is 10.6 Å². The molecule has 2 aromatic heterocycles. The fourth-order valence-electron chi connectivity index (χ4n) is 1.80. The van der Waals surface area contributed by atoms with Gasteiger partial charge in [-0.3, -0.25) is 10.1 Å². The number of aromatic nitrogens is 4. The standard InChI is InChI=1S/C11H8N6O2/c12-11-14-13-10-6-5-8(15-16(10)11)7-3-1-2-4-9(7)17(18)19/h1-6H,(H2,12,14). The minimum atomic E-state index is -0.448. The molecule has 0 atom stereocenters. The highest BCUT2D eigenvalue weighted by Gasteiger charge is 2.16. The third-order valence-corrected chi connectivity index (χ3v) is 2.66. The van der Waals surface area contributed by atoms with Crippen LogP contribution in [-0.4, -0.2) is 24.7 Å². The molecule has 8 nitrogen and oxygen atoms in total. The van der Waals surface area contributed by atoms with Crippen molar-refractivity contribution in [2.45, 2.75) is 0 Å². The number of fused-ring (bicyclic) bond motifs is 1. The van der Waals surface area contributed by atoms with Crippen LogP contribution in [0.3, 0.4) is 0 Å². The Hall–Kier alpha value is -3.03. The maximum atomic E-state index is 11.0. The Balaban J connectivity index is 2.24. The zero-order chi connectivity index (χ0) is 13.4. The SMILES string of the molecule is Nc1nnc2ccc(-c3ccccc3[N+](=O)[O-])nn12. The summed E-state index contributed by atoms with van der Waals surface area (Å²) in [7, 11) is 0. The van der Waals surface area contributed by atoms with Crippen molar-refractivity contribution >= 4 is 17.3 Å². The van der Waals surface area contributed by atoms with E-state index >= 15 is 0 Å². The van der Waals surface area contributed by atoms with Crippen LogP contribution in [0.1, 0.15) is 0 Å². The lowest BCUT2D eigenvalue weighted by atomic mass is 10.1. The molecule has 0 aliphatic heterocycles. The van der Waals surface area contributed by atoms with Crippen molar-refractivity contribution in [3.63, 3.8) is 0 Å². The lowest BCUT2D eigenvalue weighted by Crippen LogP contribution is -2.00. The van der Waals surface area contributed by atoms with E-state index in [9.17, 15) is 10.1 Å². The second-order valence-electron chi connectivity index (χ2n) is 3.82. The average molecular weight is 256 g/mol. The highest BCUT2D eigenvalue weighted by atomic mass is 16.6. The zero-order valence-corrected chi connectivity index (χ0v) is 9.59. The van der Waals surface area contributed by atoms with Crippen LogP contribution in [0.4, 0.5) is 11.6 Å². The fourth-order valence-corrected chi connectivity index (χ4v) is 1.80. The van der Waals surface area contributed by atoms with Crippen LogP contribution in [0.2, 0.25) is 0 Å². The van der Waals surface area contributed by atoms with Crippen LogP contribution in [0.15, 0.2) is 36.4 Å². The van der Waals surface area contributed by atoms with E-state index in [0.29, 0.717) is 16.9 Å². The summed E-state index contributed by atoms with van der Waals surface area (Å²) in [6.45, 7) is 0. The van der Waals surface area contributed by atoms with Gasteiger partial charge in [-0.25, -0.2) is 0 Å². The van der Waals surface area contributed by atoms with Crippen molar-refractivity contribution in [1.29, 1.82) is 0 Å². The van der Waals surface area contributed by atoms with E-state index in [1.54, 1.807) is 30.3 Å². The van der Waals surface area contributed by atoms with Gasteiger partial charge < -0.3 is 5.73 Å². The Labute approximate surface area is 106 Å². The Morgan fingerprint density at radius 2 is 1.95 bits per heavy atom. The Morgan fingerprint density at radius 3 is 2.74 bits per heavy atom. The molecule has 0 saturated heterocycles. The number of nitrogen functional groups attached to an aromatic ring is 1. The van der Waals surface area contributed by atoms with E-state index in [1.807, 2.05) is 0 Å². The molecule has 0 amide bonds. The quantitative estimate of drug-likeness (QED) is 0.546. The van der Waals surface area contributed by atoms with Gasteiger partial charge in [0.05, 0.1) is 16.2 Å². The monoisotopic (exact) mass is 256 g/mol. The summed E-state index contributed by atoms with van der Waals surface area (Å²) in [4.78, 5) is 10.5. The van der Waals surface area contributed by atoms with Crippen LogP contribution in [0.25, 0.3) is 16.9 Å². The van der Waals surface area contributed by atoms with Crippen LogP contribution in [0, 0.1) is 10.1 Å². The van der Waals surface area contributed by atoms with Gasteiger partial charge in [-0.05, 0) is 18.2 Å². The number of nitro benzene ring substituents is 1. The number of para-hydroxylation sites is 1. The first-order valence-electron chi connectivity index (χ1n) is 5.38. The molecule has 0 saturated carbocycles. The maximum absolute atomic E-state index is 11.0. The first-order chi connectivity index (χ1) is 9.16. The molecule has 8 heteroatoms. The summed E-state index contributed by atoms with van der Waals surface area (Å²) in [5.41, 5.74) is 6.94. The molecule has 3 rings (SSSR count). The van der Waals surface area contributed by atoms with E-state index in [0.717, 1.165) is 0 Å². The lowest BCUT2D eigenvalue weighted by molar-refractivity contribution is -0.384. The van der Waals surface area contributed by atoms with Gasteiger partial charge in [0, 0.05) is 6.07 Å². The topological polar surface area (TPSA) is 112 Å². The van der Waals surface area contributed by atoms with Crippen molar-refractivity contribution in [1.82, 2.24) is 19.8 Å². The number of nitro groups is 1. The number of nitrogens with two attached hydrogens (primary N) is 1. The Kier molecular flexibility index (Phi) is 2.34. The van der Waals surface area contributed by atoms with Crippen LogP contribution >= 0.6 is 0 Å².